The van der Waals surface area contributed by atoms with Gasteiger partial charge in [0.2, 0.25) is 0 Å². The Morgan fingerprint density at radius 2 is 1.87 bits per heavy atom. The Morgan fingerprint density at radius 1 is 1.13 bits per heavy atom. The van der Waals surface area contributed by atoms with E-state index in [0.29, 0.717) is 23.3 Å². The number of aryl methyl sites for hydroxylation is 2. The molecule has 0 amide bonds. The van der Waals surface area contributed by atoms with Gasteiger partial charge in [0.05, 0.1) is 11.2 Å². The van der Waals surface area contributed by atoms with Crippen LogP contribution in [0.4, 0.5) is 14.6 Å². The van der Waals surface area contributed by atoms with E-state index in [0.717, 1.165) is 35.6 Å². The molecule has 0 atom stereocenters. The maximum Gasteiger partial charge on any atom is 0.161 e. The Bertz CT molecular complexity index is 873. The average Bonchev–Trinajstić information content (AvgIpc) is 2.80. The second-order valence-electron chi connectivity index (χ2n) is 5.32. The molecule has 0 saturated heterocycles. The predicted molar refractivity (Wildman–Crippen MR) is 84.2 cm³/mol. The fourth-order valence-corrected chi connectivity index (χ4v) is 2.66. The van der Waals surface area contributed by atoms with Gasteiger partial charge in [0.15, 0.2) is 11.6 Å². The van der Waals surface area contributed by atoms with Crippen LogP contribution in [0.3, 0.4) is 0 Å². The molecule has 0 aliphatic carbocycles. The van der Waals surface area contributed by atoms with Gasteiger partial charge in [-0.1, -0.05) is 0 Å². The maximum atomic E-state index is 13.5. The van der Waals surface area contributed by atoms with Crippen molar-refractivity contribution in [2.24, 2.45) is 0 Å². The lowest BCUT2D eigenvalue weighted by molar-refractivity contribution is 0.510. The minimum atomic E-state index is -0.918. The van der Waals surface area contributed by atoms with Crippen LogP contribution in [-0.2, 0) is 13.1 Å². The molecule has 7 heteroatoms. The first-order valence-corrected chi connectivity index (χ1v) is 7.37. The van der Waals surface area contributed by atoms with Crippen molar-refractivity contribution in [2.45, 2.75) is 33.9 Å². The monoisotopic (exact) mass is 317 g/mol. The average molecular weight is 317 g/mol. The molecule has 0 spiro atoms. The highest BCUT2D eigenvalue weighted by Gasteiger charge is 2.13. The zero-order valence-corrected chi connectivity index (χ0v) is 13.2. The van der Waals surface area contributed by atoms with Crippen molar-refractivity contribution in [1.82, 2.24) is 19.7 Å². The third-order valence-electron chi connectivity index (χ3n) is 3.94. The lowest BCUT2D eigenvalue weighted by Gasteiger charge is -2.09. The van der Waals surface area contributed by atoms with E-state index in [-0.39, 0.29) is 0 Å². The maximum absolute atomic E-state index is 13.5. The molecule has 0 aliphatic rings. The normalized spacial score (nSPS) is 11.2. The number of nitrogens with one attached hydrogen (secondary N) is 1. The van der Waals surface area contributed by atoms with Gasteiger partial charge < -0.3 is 5.32 Å². The Morgan fingerprint density at radius 3 is 2.57 bits per heavy atom. The third kappa shape index (κ3) is 2.74. The van der Waals surface area contributed by atoms with E-state index in [9.17, 15) is 8.78 Å². The van der Waals surface area contributed by atoms with E-state index >= 15 is 0 Å². The molecule has 23 heavy (non-hydrogen) atoms. The molecule has 2 aromatic heterocycles. The highest BCUT2D eigenvalue weighted by molar-refractivity contribution is 5.88. The van der Waals surface area contributed by atoms with E-state index in [1.165, 1.54) is 6.33 Å². The van der Waals surface area contributed by atoms with Gasteiger partial charge in [0.1, 0.15) is 12.1 Å². The summed E-state index contributed by atoms with van der Waals surface area (Å²) in [5, 5.41) is 8.09. The Kier molecular flexibility index (Phi) is 3.94. The van der Waals surface area contributed by atoms with Crippen molar-refractivity contribution < 1.29 is 8.78 Å². The van der Waals surface area contributed by atoms with E-state index in [1.54, 1.807) is 0 Å². The quantitative estimate of drug-likeness (QED) is 0.802. The first-order valence-electron chi connectivity index (χ1n) is 7.37. The molecule has 3 rings (SSSR count). The van der Waals surface area contributed by atoms with Crippen molar-refractivity contribution in [3.63, 3.8) is 0 Å². The van der Waals surface area contributed by atoms with Crippen molar-refractivity contribution >= 4 is 16.7 Å². The van der Waals surface area contributed by atoms with Crippen LogP contribution in [-0.4, -0.2) is 19.7 Å². The van der Waals surface area contributed by atoms with Gasteiger partial charge in [-0.2, -0.15) is 5.10 Å². The molecule has 1 aromatic carbocycles. The van der Waals surface area contributed by atoms with Gasteiger partial charge in [0, 0.05) is 35.8 Å². The van der Waals surface area contributed by atoms with Gasteiger partial charge in [-0.05, 0) is 26.8 Å². The Balaban J connectivity index is 1.94. The zero-order chi connectivity index (χ0) is 16.6. The van der Waals surface area contributed by atoms with E-state index in [1.807, 2.05) is 25.5 Å². The van der Waals surface area contributed by atoms with Crippen molar-refractivity contribution in [3.8, 4) is 0 Å². The van der Waals surface area contributed by atoms with Gasteiger partial charge >= 0.3 is 0 Å². The highest BCUT2D eigenvalue weighted by Crippen LogP contribution is 2.23. The fraction of sp³-hybridized carbons (Fsp3) is 0.312. The van der Waals surface area contributed by atoms with Gasteiger partial charge in [0.25, 0.3) is 0 Å². The Hall–Kier alpha value is -2.57. The number of hydrogen-bond acceptors (Lipinski definition) is 4. The molecule has 2 heterocycles. The van der Waals surface area contributed by atoms with Crippen LogP contribution < -0.4 is 5.32 Å². The smallest absolute Gasteiger partial charge is 0.161 e. The predicted octanol–water partition coefficient (Wildman–Crippen LogP) is 3.35. The summed E-state index contributed by atoms with van der Waals surface area (Å²) < 4.78 is 28.7. The summed E-state index contributed by atoms with van der Waals surface area (Å²) in [6.07, 6.45) is 1.33. The summed E-state index contributed by atoms with van der Waals surface area (Å²) in [6, 6.07) is 2.19. The molecule has 3 aromatic rings. The lowest BCUT2D eigenvalue weighted by Crippen LogP contribution is -2.05. The third-order valence-corrected chi connectivity index (χ3v) is 3.94. The number of nitrogens with zero attached hydrogens (tertiary/aromatic N) is 4. The van der Waals surface area contributed by atoms with Gasteiger partial charge in [-0.25, -0.2) is 18.7 Å². The summed E-state index contributed by atoms with van der Waals surface area (Å²) in [6.45, 7) is 7.29. The summed E-state index contributed by atoms with van der Waals surface area (Å²) in [5.74, 6) is -1.36. The molecule has 0 radical (unpaired) electrons. The molecule has 0 unspecified atom stereocenters. The zero-order valence-electron chi connectivity index (χ0n) is 13.2. The minimum absolute atomic E-state index is 0.360. The van der Waals surface area contributed by atoms with Crippen LogP contribution in [0.15, 0.2) is 18.5 Å². The minimum Gasteiger partial charge on any atom is -0.365 e. The second-order valence-corrected chi connectivity index (χ2v) is 5.32. The SMILES string of the molecule is CCn1nc(C)c(CNc2ncnc3cc(F)c(F)cc23)c1C. The van der Waals surface area contributed by atoms with Crippen molar-refractivity contribution in [3.05, 3.63) is 47.0 Å². The molecule has 0 aliphatic heterocycles. The highest BCUT2D eigenvalue weighted by atomic mass is 19.2. The summed E-state index contributed by atoms with van der Waals surface area (Å²) in [4.78, 5) is 8.12. The molecular weight excluding hydrogens is 300 g/mol. The largest absolute Gasteiger partial charge is 0.365 e. The molecule has 120 valence electrons. The van der Waals surface area contributed by atoms with Crippen LogP contribution in [0.2, 0.25) is 0 Å². The number of hydrogen-bond donors (Lipinski definition) is 1. The number of benzene rings is 1. The molecule has 5 nitrogen and oxygen atoms in total. The number of anilines is 1. The van der Waals surface area contributed by atoms with Gasteiger partial charge in [-0.15, -0.1) is 0 Å². The van der Waals surface area contributed by atoms with Crippen LogP contribution in [0.1, 0.15) is 23.9 Å². The van der Waals surface area contributed by atoms with E-state index in [4.69, 9.17) is 0 Å². The van der Waals surface area contributed by atoms with Crippen molar-refractivity contribution in [1.29, 1.82) is 0 Å². The first-order chi connectivity index (χ1) is 11.0. The Labute approximate surface area is 132 Å². The van der Waals surface area contributed by atoms with Crippen LogP contribution in [0.25, 0.3) is 10.9 Å². The van der Waals surface area contributed by atoms with Crippen LogP contribution in [0, 0.1) is 25.5 Å². The summed E-state index contributed by atoms with van der Waals surface area (Å²) in [7, 11) is 0. The van der Waals surface area contributed by atoms with E-state index in [2.05, 4.69) is 20.4 Å². The molecule has 1 N–H and O–H groups in total. The van der Waals surface area contributed by atoms with Gasteiger partial charge in [-0.3, -0.25) is 4.68 Å². The molecule has 0 fully saturated rings. The summed E-state index contributed by atoms with van der Waals surface area (Å²) >= 11 is 0. The molecular formula is C16H17F2N5. The lowest BCUT2D eigenvalue weighted by atomic mass is 10.2. The number of fused-ring (bicyclic) bond motifs is 1. The van der Waals surface area contributed by atoms with Crippen LogP contribution >= 0.6 is 0 Å². The number of halogens is 2. The standard InChI is InChI=1S/C16H17F2N5/c1-4-23-10(3)12(9(2)22-23)7-19-16-11-5-13(17)14(18)6-15(11)20-8-21-16/h5-6,8H,4,7H2,1-3H3,(H,19,20,21). The number of rotatable bonds is 4. The fourth-order valence-electron chi connectivity index (χ4n) is 2.66. The topological polar surface area (TPSA) is 55.6 Å². The molecule has 0 bridgehead atoms. The summed E-state index contributed by atoms with van der Waals surface area (Å²) in [5.41, 5.74) is 3.45. The van der Waals surface area contributed by atoms with E-state index < -0.39 is 11.6 Å². The number of aromatic nitrogens is 4. The molecule has 0 saturated carbocycles. The first kappa shape index (κ1) is 15.3. The van der Waals surface area contributed by atoms with Crippen molar-refractivity contribution in [2.75, 3.05) is 5.32 Å². The second kappa shape index (κ2) is 5.91. The van der Waals surface area contributed by atoms with Crippen LogP contribution in [0.5, 0.6) is 0 Å².